The van der Waals surface area contributed by atoms with Gasteiger partial charge in [0, 0.05) is 23.0 Å². The molecule has 1 N–H and O–H groups in total. The highest BCUT2D eigenvalue weighted by Crippen LogP contribution is 2.27. The molecule has 1 rings (SSSR count). The molecule has 0 bridgehead atoms. The first-order chi connectivity index (χ1) is 6.69. The van der Waals surface area contributed by atoms with Crippen LogP contribution in [0.5, 0.6) is 0 Å². The Balaban J connectivity index is 2.67. The molecule has 0 fully saturated rings. The van der Waals surface area contributed by atoms with Gasteiger partial charge in [0.05, 0.1) is 5.01 Å². The molecule has 2 nitrogen and oxygen atoms in total. The Labute approximate surface area is 90.8 Å². The second kappa shape index (κ2) is 5.47. The maximum atomic E-state index is 4.47. The molecule has 0 saturated carbocycles. The first kappa shape index (κ1) is 11.7. The van der Waals surface area contributed by atoms with E-state index in [-0.39, 0.29) is 0 Å². The zero-order valence-electron chi connectivity index (χ0n) is 9.50. The van der Waals surface area contributed by atoms with Crippen molar-refractivity contribution in [3.8, 4) is 0 Å². The fourth-order valence-corrected chi connectivity index (χ4v) is 2.39. The third kappa shape index (κ3) is 2.79. The molecule has 0 aromatic carbocycles. The topological polar surface area (TPSA) is 24.9 Å². The molecule has 2 atom stereocenters. The zero-order valence-corrected chi connectivity index (χ0v) is 10.3. The van der Waals surface area contributed by atoms with Crippen LogP contribution in [-0.2, 0) is 0 Å². The van der Waals surface area contributed by atoms with E-state index in [0.29, 0.717) is 12.0 Å². The van der Waals surface area contributed by atoms with E-state index in [4.69, 9.17) is 0 Å². The van der Waals surface area contributed by atoms with Gasteiger partial charge in [0.25, 0.3) is 0 Å². The van der Waals surface area contributed by atoms with Crippen molar-refractivity contribution >= 4 is 11.3 Å². The molecule has 0 radical (unpaired) electrons. The molecule has 3 heteroatoms. The highest BCUT2D eigenvalue weighted by atomic mass is 32.1. The Morgan fingerprint density at radius 3 is 2.71 bits per heavy atom. The van der Waals surface area contributed by atoms with E-state index >= 15 is 0 Å². The van der Waals surface area contributed by atoms with E-state index in [1.807, 2.05) is 17.5 Å². The minimum absolute atomic E-state index is 0.440. The van der Waals surface area contributed by atoms with Crippen molar-refractivity contribution in [1.29, 1.82) is 0 Å². The van der Waals surface area contributed by atoms with Gasteiger partial charge in [-0.15, -0.1) is 11.3 Å². The zero-order chi connectivity index (χ0) is 10.6. The van der Waals surface area contributed by atoms with Crippen LogP contribution in [0.4, 0.5) is 0 Å². The standard InChI is InChI=1S/C11H20N2S/c1-5-8(3)11-13-7-10(14-11)9(4)12-6-2/h7-9,12H,5-6H2,1-4H3. The Morgan fingerprint density at radius 2 is 2.14 bits per heavy atom. The second-order valence-electron chi connectivity index (χ2n) is 3.69. The van der Waals surface area contributed by atoms with Crippen LogP contribution in [0.1, 0.15) is 56.0 Å². The maximum absolute atomic E-state index is 4.47. The van der Waals surface area contributed by atoms with E-state index in [2.05, 4.69) is 38.0 Å². The second-order valence-corrected chi connectivity index (χ2v) is 4.78. The molecule has 80 valence electrons. The number of hydrogen-bond donors (Lipinski definition) is 1. The maximum Gasteiger partial charge on any atom is 0.0956 e. The molecule has 1 aromatic rings. The van der Waals surface area contributed by atoms with Gasteiger partial charge in [0.15, 0.2) is 0 Å². The van der Waals surface area contributed by atoms with E-state index in [1.54, 1.807) is 0 Å². The minimum atomic E-state index is 0.440. The summed E-state index contributed by atoms with van der Waals surface area (Å²) in [4.78, 5) is 5.82. The van der Waals surface area contributed by atoms with Crippen LogP contribution in [0.15, 0.2) is 6.20 Å². The Bertz CT molecular complexity index is 270. The van der Waals surface area contributed by atoms with E-state index in [1.165, 1.54) is 16.3 Å². The van der Waals surface area contributed by atoms with E-state index < -0.39 is 0 Å². The van der Waals surface area contributed by atoms with Crippen LogP contribution in [0.25, 0.3) is 0 Å². The van der Waals surface area contributed by atoms with Gasteiger partial charge < -0.3 is 5.32 Å². The summed E-state index contributed by atoms with van der Waals surface area (Å²) < 4.78 is 0. The largest absolute Gasteiger partial charge is 0.310 e. The lowest BCUT2D eigenvalue weighted by molar-refractivity contribution is 0.606. The van der Waals surface area contributed by atoms with E-state index in [9.17, 15) is 0 Å². The molecule has 2 unspecified atom stereocenters. The number of rotatable bonds is 5. The predicted molar refractivity (Wildman–Crippen MR) is 62.9 cm³/mol. The van der Waals surface area contributed by atoms with Gasteiger partial charge >= 0.3 is 0 Å². The Morgan fingerprint density at radius 1 is 1.43 bits per heavy atom. The van der Waals surface area contributed by atoms with Crippen molar-refractivity contribution in [1.82, 2.24) is 10.3 Å². The summed E-state index contributed by atoms with van der Waals surface area (Å²) in [6.07, 6.45) is 3.18. The lowest BCUT2D eigenvalue weighted by Crippen LogP contribution is -2.16. The Hall–Kier alpha value is -0.410. The molecule has 0 amide bonds. The lowest BCUT2D eigenvalue weighted by Gasteiger charge is -2.08. The molecule has 0 aliphatic heterocycles. The van der Waals surface area contributed by atoms with Crippen LogP contribution < -0.4 is 5.32 Å². The van der Waals surface area contributed by atoms with Gasteiger partial charge in [0.2, 0.25) is 0 Å². The number of aromatic nitrogens is 1. The molecular formula is C11H20N2S. The molecule has 0 saturated heterocycles. The number of nitrogens with one attached hydrogen (secondary N) is 1. The predicted octanol–water partition coefficient (Wildman–Crippen LogP) is 3.33. The lowest BCUT2D eigenvalue weighted by atomic mass is 10.1. The summed E-state index contributed by atoms with van der Waals surface area (Å²) in [5.41, 5.74) is 0. The number of nitrogens with zero attached hydrogens (tertiary/aromatic N) is 1. The molecule has 1 heterocycles. The Kier molecular flexibility index (Phi) is 4.55. The average Bonchev–Trinajstić information content (AvgIpc) is 2.66. The van der Waals surface area contributed by atoms with Gasteiger partial charge in [0.1, 0.15) is 0 Å². The van der Waals surface area contributed by atoms with Crippen molar-refractivity contribution in [2.24, 2.45) is 0 Å². The quantitative estimate of drug-likeness (QED) is 0.810. The van der Waals surface area contributed by atoms with Crippen LogP contribution >= 0.6 is 11.3 Å². The van der Waals surface area contributed by atoms with Crippen molar-refractivity contribution in [2.45, 2.75) is 46.1 Å². The summed E-state index contributed by atoms with van der Waals surface area (Å²) in [5, 5.41) is 4.67. The molecule has 1 aromatic heterocycles. The smallest absolute Gasteiger partial charge is 0.0956 e. The van der Waals surface area contributed by atoms with Gasteiger partial charge in [-0.1, -0.05) is 20.8 Å². The van der Waals surface area contributed by atoms with E-state index in [0.717, 1.165) is 6.54 Å². The molecule has 0 aliphatic carbocycles. The molecule has 14 heavy (non-hydrogen) atoms. The molecular weight excluding hydrogens is 192 g/mol. The number of thiazole rings is 1. The van der Waals surface area contributed by atoms with Gasteiger partial charge in [-0.3, -0.25) is 0 Å². The van der Waals surface area contributed by atoms with Crippen LogP contribution in [0, 0.1) is 0 Å². The number of hydrogen-bond acceptors (Lipinski definition) is 3. The first-order valence-corrected chi connectivity index (χ1v) is 6.19. The van der Waals surface area contributed by atoms with Gasteiger partial charge in [-0.2, -0.15) is 0 Å². The fourth-order valence-electron chi connectivity index (χ4n) is 1.31. The SMILES string of the molecule is CCNC(C)c1cnc(C(C)CC)s1. The van der Waals surface area contributed by atoms with Crippen molar-refractivity contribution in [3.05, 3.63) is 16.1 Å². The van der Waals surface area contributed by atoms with Crippen LogP contribution in [0.3, 0.4) is 0 Å². The van der Waals surface area contributed by atoms with Gasteiger partial charge in [-0.25, -0.2) is 4.98 Å². The highest BCUT2D eigenvalue weighted by Gasteiger charge is 2.11. The summed E-state index contributed by atoms with van der Waals surface area (Å²) in [7, 11) is 0. The highest BCUT2D eigenvalue weighted by molar-refractivity contribution is 7.11. The fraction of sp³-hybridized carbons (Fsp3) is 0.727. The monoisotopic (exact) mass is 212 g/mol. The minimum Gasteiger partial charge on any atom is -0.310 e. The van der Waals surface area contributed by atoms with Crippen molar-refractivity contribution < 1.29 is 0 Å². The third-order valence-corrected chi connectivity index (χ3v) is 3.92. The average molecular weight is 212 g/mol. The summed E-state index contributed by atoms with van der Waals surface area (Å²) in [6, 6.07) is 0.440. The summed E-state index contributed by atoms with van der Waals surface area (Å²) in [5.74, 6) is 0.600. The summed E-state index contributed by atoms with van der Waals surface area (Å²) in [6.45, 7) is 9.78. The summed E-state index contributed by atoms with van der Waals surface area (Å²) >= 11 is 1.84. The van der Waals surface area contributed by atoms with Crippen molar-refractivity contribution in [3.63, 3.8) is 0 Å². The third-order valence-electron chi connectivity index (χ3n) is 2.51. The van der Waals surface area contributed by atoms with Crippen LogP contribution in [0.2, 0.25) is 0 Å². The van der Waals surface area contributed by atoms with Crippen molar-refractivity contribution in [2.75, 3.05) is 6.54 Å². The van der Waals surface area contributed by atoms with Crippen LogP contribution in [-0.4, -0.2) is 11.5 Å². The first-order valence-electron chi connectivity index (χ1n) is 5.38. The molecule has 0 aliphatic rings. The normalized spacial score (nSPS) is 15.4. The molecule has 0 spiro atoms. The van der Waals surface area contributed by atoms with Gasteiger partial charge in [-0.05, 0) is 19.9 Å².